The van der Waals surface area contributed by atoms with Crippen LogP contribution in [0.3, 0.4) is 0 Å². The molecular weight excluding hydrogens is 761 g/mol. The van der Waals surface area contributed by atoms with Crippen molar-refractivity contribution in [3.8, 4) is 0 Å². The lowest BCUT2D eigenvalue weighted by Crippen LogP contribution is -2.47. The highest BCUT2D eigenvalue weighted by Crippen LogP contribution is 2.31. The van der Waals surface area contributed by atoms with Crippen LogP contribution in [0.15, 0.2) is 48.5 Å². The number of ether oxygens (including phenoxy) is 1. The van der Waals surface area contributed by atoms with Gasteiger partial charge in [0.1, 0.15) is 29.3 Å². The lowest BCUT2D eigenvalue weighted by Gasteiger charge is -2.29. The number of rotatable bonds is 14. The van der Waals surface area contributed by atoms with Gasteiger partial charge < -0.3 is 9.84 Å². The van der Waals surface area contributed by atoms with Gasteiger partial charge in [-0.05, 0) is 97.4 Å². The Kier molecular flexibility index (Phi) is 13.9. The molecule has 4 amide bonds. The molecule has 3 N–H and O–H groups in total. The van der Waals surface area contributed by atoms with Crippen molar-refractivity contribution in [2.75, 3.05) is 11.5 Å². The number of fused-ring (bicyclic) bond motifs is 2. The fourth-order valence-electron chi connectivity index (χ4n) is 6.93. The predicted octanol–water partition coefficient (Wildman–Crippen LogP) is 4.31. The third-order valence-electron chi connectivity index (χ3n) is 9.81. The molecule has 16 heteroatoms. The molecule has 2 fully saturated rings. The molecule has 0 aliphatic carbocycles. The van der Waals surface area contributed by atoms with Gasteiger partial charge in [-0.25, -0.2) is 9.59 Å². The monoisotopic (exact) mass is 808 g/mol. The highest BCUT2D eigenvalue weighted by Gasteiger charge is 2.45. The number of aliphatic carboxylic acids is 1. The van der Waals surface area contributed by atoms with E-state index in [2.05, 4.69) is 10.6 Å². The van der Waals surface area contributed by atoms with Crippen LogP contribution in [-0.2, 0) is 23.9 Å². The fraction of sp³-hybridized carbons (Fsp3) is 0.500. The Morgan fingerprint density at radius 1 is 0.696 bits per heavy atom. The van der Waals surface area contributed by atoms with E-state index in [-0.39, 0.29) is 51.9 Å². The number of Topliss-reactive ketones (excluding diaryl/α,β-unsaturated/α-hetero) is 2. The normalized spacial score (nSPS) is 22.7. The minimum absolute atomic E-state index is 0.0838. The Morgan fingerprint density at radius 2 is 1.05 bits per heavy atom. The molecule has 0 aromatic heterocycles. The van der Waals surface area contributed by atoms with E-state index in [1.54, 1.807) is 94.5 Å². The molecule has 2 aromatic carbocycles. The van der Waals surface area contributed by atoms with Gasteiger partial charge in [0, 0.05) is 11.5 Å². The molecule has 4 aliphatic heterocycles. The van der Waals surface area contributed by atoms with Crippen LogP contribution < -0.4 is 10.6 Å². The van der Waals surface area contributed by atoms with Crippen LogP contribution in [-0.4, -0.2) is 114 Å². The van der Waals surface area contributed by atoms with Crippen molar-refractivity contribution in [2.24, 2.45) is 0 Å². The van der Waals surface area contributed by atoms with E-state index in [1.165, 1.54) is 12.1 Å². The number of imide groups is 2. The maximum atomic E-state index is 12.9. The van der Waals surface area contributed by atoms with Crippen molar-refractivity contribution >= 4 is 70.7 Å². The van der Waals surface area contributed by atoms with E-state index in [1.807, 2.05) is 0 Å². The Bertz CT molecular complexity index is 1830. The molecule has 14 nitrogen and oxygen atoms in total. The lowest BCUT2D eigenvalue weighted by atomic mass is 10.1. The molecule has 6 rings (SSSR count). The summed E-state index contributed by atoms with van der Waals surface area (Å²) in [5, 5.41) is 16.2. The van der Waals surface area contributed by atoms with Crippen molar-refractivity contribution in [1.29, 1.82) is 0 Å². The maximum absolute atomic E-state index is 12.9. The summed E-state index contributed by atoms with van der Waals surface area (Å²) in [4.78, 5) is 100. The first-order valence-electron chi connectivity index (χ1n) is 18.6. The average Bonchev–Trinajstić information content (AvgIpc) is 3.92. The topological polar surface area (TPSA) is 197 Å². The Hall–Kier alpha value is -4.38. The SMILES string of the molecule is CC(=O)C1CSC(CCC[C@@H](C(=O)O)N2C(=O)c3ccccc3C2=O)N1.CC(=O)C1CSC(CCC[C@@H](C(=O)OC(C)(C)C)N2C(=O)c3ccccc3C2=O)N1. The zero-order chi connectivity index (χ0) is 40.9. The zero-order valence-corrected chi connectivity index (χ0v) is 33.7. The molecule has 300 valence electrons. The van der Waals surface area contributed by atoms with Gasteiger partial charge in [-0.3, -0.25) is 49.2 Å². The van der Waals surface area contributed by atoms with Crippen molar-refractivity contribution in [1.82, 2.24) is 20.4 Å². The van der Waals surface area contributed by atoms with E-state index < -0.39 is 53.3 Å². The molecular formula is C40H48N4O10S2. The first kappa shape index (κ1) is 42.8. The minimum atomic E-state index is -1.19. The number of ketones is 2. The van der Waals surface area contributed by atoms with Gasteiger partial charge in [-0.15, -0.1) is 23.5 Å². The Labute approximate surface area is 334 Å². The minimum Gasteiger partial charge on any atom is -0.480 e. The summed E-state index contributed by atoms with van der Waals surface area (Å²) in [6.07, 6.45) is 3.01. The molecule has 0 spiro atoms. The van der Waals surface area contributed by atoms with Gasteiger partial charge in [0.05, 0.1) is 45.1 Å². The van der Waals surface area contributed by atoms with Crippen LogP contribution in [0.1, 0.15) is 115 Å². The van der Waals surface area contributed by atoms with Crippen molar-refractivity contribution in [3.05, 3.63) is 70.8 Å². The summed E-state index contributed by atoms with van der Waals surface area (Å²) >= 11 is 3.31. The molecule has 2 aromatic rings. The first-order chi connectivity index (χ1) is 26.5. The third-order valence-corrected chi connectivity index (χ3v) is 12.4. The maximum Gasteiger partial charge on any atom is 0.329 e. The summed E-state index contributed by atoms with van der Waals surface area (Å²) in [7, 11) is 0. The quantitative estimate of drug-likeness (QED) is 0.180. The van der Waals surface area contributed by atoms with Crippen molar-refractivity contribution in [2.45, 2.75) is 114 Å². The van der Waals surface area contributed by atoms with Gasteiger partial charge in [0.15, 0.2) is 0 Å². The Balaban J connectivity index is 0.000000216. The Morgan fingerprint density at radius 3 is 1.38 bits per heavy atom. The van der Waals surface area contributed by atoms with E-state index >= 15 is 0 Å². The van der Waals surface area contributed by atoms with E-state index in [0.29, 0.717) is 42.6 Å². The molecule has 4 unspecified atom stereocenters. The molecule has 4 heterocycles. The van der Waals surface area contributed by atoms with Crippen LogP contribution in [0.25, 0.3) is 0 Å². The summed E-state index contributed by atoms with van der Waals surface area (Å²) < 4.78 is 5.53. The first-order valence-corrected chi connectivity index (χ1v) is 20.7. The van der Waals surface area contributed by atoms with Gasteiger partial charge in [-0.1, -0.05) is 24.3 Å². The molecule has 56 heavy (non-hydrogen) atoms. The number of amides is 4. The molecule has 0 radical (unpaired) electrons. The molecule has 0 saturated carbocycles. The summed E-state index contributed by atoms with van der Waals surface area (Å²) in [5.74, 6) is -2.15. The number of hydrogen-bond acceptors (Lipinski definition) is 13. The van der Waals surface area contributed by atoms with E-state index in [0.717, 1.165) is 22.0 Å². The number of hydrogen-bond donors (Lipinski definition) is 3. The molecule has 0 bridgehead atoms. The van der Waals surface area contributed by atoms with Gasteiger partial charge >= 0.3 is 11.9 Å². The number of carbonyl (C=O) groups excluding carboxylic acids is 7. The highest BCUT2D eigenvalue weighted by atomic mass is 32.2. The van der Waals surface area contributed by atoms with E-state index in [9.17, 15) is 43.5 Å². The van der Waals surface area contributed by atoms with Gasteiger partial charge in [0.2, 0.25) is 0 Å². The number of carboxylic acids is 1. The van der Waals surface area contributed by atoms with E-state index in [4.69, 9.17) is 4.74 Å². The summed E-state index contributed by atoms with van der Waals surface area (Å²) in [5.41, 5.74) is 0.398. The van der Waals surface area contributed by atoms with Crippen molar-refractivity contribution in [3.63, 3.8) is 0 Å². The van der Waals surface area contributed by atoms with Crippen LogP contribution >= 0.6 is 23.5 Å². The fourth-order valence-corrected chi connectivity index (χ4v) is 9.63. The average molecular weight is 809 g/mol. The lowest BCUT2D eigenvalue weighted by molar-refractivity contribution is -0.160. The van der Waals surface area contributed by atoms with Crippen LogP contribution in [0, 0.1) is 0 Å². The largest absolute Gasteiger partial charge is 0.480 e. The number of esters is 1. The second-order valence-corrected chi connectivity index (χ2v) is 17.6. The molecule has 4 aliphatic rings. The van der Waals surface area contributed by atoms with Gasteiger partial charge in [-0.2, -0.15) is 0 Å². The summed E-state index contributed by atoms with van der Waals surface area (Å²) in [6, 6.07) is 10.5. The summed E-state index contributed by atoms with van der Waals surface area (Å²) in [6.45, 7) is 8.38. The zero-order valence-electron chi connectivity index (χ0n) is 32.1. The third kappa shape index (κ3) is 9.94. The standard InChI is InChI=1S/C22H28N2O5S.C18H20N2O5S/c1-13(25)16-12-30-18(23-16)11-7-10-17(21(28)29-22(2,3)4)24-19(26)14-8-5-6-9-15(14)20(24)27;1-10(21)13-9-26-15(19-13)8-4-7-14(18(24)25)20-16(22)11-5-2-3-6-12(11)17(20)23/h5-6,8-9,16-18,23H,7,10-12H2,1-4H3;2-3,5-6,13-15,19H,4,7-9H2,1H3,(H,24,25)/t16?,17-,18?;13?,14-,15?/m00/s1. The number of benzene rings is 2. The predicted molar refractivity (Wildman–Crippen MR) is 210 cm³/mol. The van der Waals surface area contributed by atoms with Crippen LogP contribution in [0.2, 0.25) is 0 Å². The number of nitrogens with zero attached hydrogens (tertiary/aromatic N) is 2. The van der Waals surface area contributed by atoms with Crippen LogP contribution in [0.5, 0.6) is 0 Å². The molecule has 2 saturated heterocycles. The second kappa shape index (κ2) is 18.3. The number of carbonyl (C=O) groups is 8. The number of nitrogens with one attached hydrogen (secondary N) is 2. The van der Waals surface area contributed by atoms with Crippen LogP contribution in [0.4, 0.5) is 0 Å². The number of thioether (sulfide) groups is 2. The number of carboxylic acid groups (broad SMARTS) is 1. The van der Waals surface area contributed by atoms with Gasteiger partial charge in [0.25, 0.3) is 23.6 Å². The highest BCUT2D eigenvalue weighted by molar-refractivity contribution is 8.00. The molecule has 6 atom stereocenters. The second-order valence-electron chi connectivity index (χ2n) is 15.1. The van der Waals surface area contributed by atoms with Crippen molar-refractivity contribution < 1.29 is 48.2 Å². The smallest absolute Gasteiger partial charge is 0.329 e.